The topological polar surface area (TPSA) is 52.6 Å². The van der Waals surface area contributed by atoms with Crippen LogP contribution in [-0.2, 0) is 20.7 Å². The maximum atomic E-state index is 11.7. The predicted molar refractivity (Wildman–Crippen MR) is 70.4 cm³/mol. The van der Waals surface area contributed by atoms with E-state index in [9.17, 15) is 9.59 Å². The van der Waals surface area contributed by atoms with Gasteiger partial charge in [0, 0.05) is 4.47 Å². The minimum Gasteiger partial charge on any atom is -0.466 e. The summed E-state index contributed by atoms with van der Waals surface area (Å²) in [5.74, 6) is -0.718. The minimum absolute atomic E-state index is 0.146. The standard InChI is InChI=1S/C13H15BrO4/c1-3-17-12(15)8-9-5-6-11(14)10(7-9)13(16)18-4-2/h5-7H,3-4,8H2,1-2H3. The van der Waals surface area contributed by atoms with Crippen LogP contribution in [-0.4, -0.2) is 25.2 Å². The van der Waals surface area contributed by atoms with Crippen LogP contribution in [0.25, 0.3) is 0 Å². The molecule has 0 saturated carbocycles. The zero-order chi connectivity index (χ0) is 13.5. The fraction of sp³-hybridized carbons (Fsp3) is 0.385. The van der Waals surface area contributed by atoms with Crippen LogP contribution < -0.4 is 0 Å². The van der Waals surface area contributed by atoms with Gasteiger partial charge in [-0.15, -0.1) is 0 Å². The molecule has 0 heterocycles. The van der Waals surface area contributed by atoms with Crippen LogP contribution in [0.3, 0.4) is 0 Å². The molecule has 1 aromatic carbocycles. The summed E-state index contributed by atoms with van der Waals surface area (Å²) in [5.41, 5.74) is 1.14. The Labute approximate surface area is 114 Å². The molecule has 1 rings (SSSR count). The number of carbonyl (C=O) groups excluding carboxylic acids is 2. The van der Waals surface area contributed by atoms with E-state index >= 15 is 0 Å². The second kappa shape index (κ2) is 7.16. The minimum atomic E-state index is -0.407. The van der Waals surface area contributed by atoms with Gasteiger partial charge in [-0.2, -0.15) is 0 Å². The lowest BCUT2D eigenvalue weighted by Gasteiger charge is -2.07. The number of esters is 2. The Morgan fingerprint density at radius 1 is 1.17 bits per heavy atom. The van der Waals surface area contributed by atoms with Gasteiger partial charge < -0.3 is 9.47 Å². The van der Waals surface area contributed by atoms with Gasteiger partial charge in [-0.05, 0) is 47.5 Å². The Kier molecular flexibility index (Phi) is 5.85. The summed E-state index contributed by atoms with van der Waals surface area (Å²) in [6, 6.07) is 5.13. The lowest BCUT2D eigenvalue weighted by atomic mass is 10.1. The van der Waals surface area contributed by atoms with Crippen molar-refractivity contribution in [3.8, 4) is 0 Å². The second-order valence-corrected chi connectivity index (χ2v) is 4.37. The van der Waals surface area contributed by atoms with Crippen molar-refractivity contribution in [1.29, 1.82) is 0 Å². The van der Waals surface area contributed by atoms with Crippen LogP contribution in [0.15, 0.2) is 22.7 Å². The maximum absolute atomic E-state index is 11.7. The van der Waals surface area contributed by atoms with Gasteiger partial charge >= 0.3 is 11.9 Å². The number of rotatable bonds is 5. The van der Waals surface area contributed by atoms with Crippen LogP contribution >= 0.6 is 15.9 Å². The Balaban J connectivity index is 2.86. The summed E-state index contributed by atoms with van der Waals surface area (Å²) in [7, 11) is 0. The molecule has 0 spiro atoms. The molecule has 0 unspecified atom stereocenters. The first-order valence-electron chi connectivity index (χ1n) is 5.69. The van der Waals surface area contributed by atoms with E-state index in [4.69, 9.17) is 9.47 Å². The molecule has 0 bridgehead atoms. The number of hydrogen-bond acceptors (Lipinski definition) is 4. The normalized spacial score (nSPS) is 9.94. The molecule has 1 aromatic rings. The van der Waals surface area contributed by atoms with Gasteiger partial charge in [-0.1, -0.05) is 6.07 Å². The van der Waals surface area contributed by atoms with Crippen molar-refractivity contribution >= 4 is 27.9 Å². The molecule has 0 fully saturated rings. The first kappa shape index (κ1) is 14.7. The highest BCUT2D eigenvalue weighted by atomic mass is 79.9. The largest absolute Gasteiger partial charge is 0.466 e. The summed E-state index contributed by atoms with van der Waals surface area (Å²) in [4.78, 5) is 23.0. The highest BCUT2D eigenvalue weighted by Gasteiger charge is 2.13. The molecule has 0 aliphatic rings. The molecule has 0 aliphatic heterocycles. The Morgan fingerprint density at radius 2 is 1.83 bits per heavy atom. The summed E-state index contributed by atoms with van der Waals surface area (Å²) < 4.78 is 10.4. The molecule has 18 heavy (non-hydrogen) atoms. The number of halogens is 1. The first-order valence-corrected chi connectivity index (χ1v) is 6.49. The van der Waals surface area contributed by atoms with E-state index in [1.54, 1.807) is 32.0 Å². The van der Waals surface area contributed by atoms with E-state index in [1.165, 1.54) is 0 Å². The van der Waals surface area contributed by atoms with E-state index in [0.29, 0.717) is 23.2 Å². The lowest BCUT2D eigenvalue weighted by molar-refractivity contribution is -0.142. The molecule has 0 aromatic heterocycles. The summed E-state index contributed by atoms with van der Waals surface area (Å²) >= 11 is 3.28. The summed E-state index contributed by atoms with van der Waals surface area (Å²) in [6.07, 6.45) is 0.146. The van der Waals surface area contributed by atoms with Crippen molar-refractivity contribution in [1.82, 2.24) is 0 Å². The zero-order valence-corrected chi connectivity index (χ0v) is 12.0. The average Bonchev–Trinajstić information content (AvgIpc) is 2.32. The van der Waals surface area contributed by atoms with E-state index in [-0.39, 0.29) is 12.4 Å². The van der Waals surface area contributed by atoms with Gasteiger partial charge in [0.2, 0.25) is 0 Å². The number of ether oxygens (including phenoxy) is 2. The third-order valence-corrected chi connectivity index (χ3v) is 2.87. The Bertz CT molecular complexity index is 443. The van der Waals surface area contributed by atoms with Crippen molar-refractivity contribution in [2.24, 2.45) is 0 Å². The molecule has 5 heteroatoms. The molecule has 4 nitrogen and oxygen atoms in total. The Hall–Kier alpha value is -1.36. The van der Waals surface area contributed by atoms with Gasteiger partial charge in [-0.3, -0.25) is 4.79 Å². The monoisotopic (exact) mass is 314 g/mol. The SMILES string of the molecule is CCOC(=O)Cc1ccc(Br)c(C(=O)OCC)c1. The van der Waals surface area contributed by atoms with Crippen molar-refractivity contribution < 1.29 is 19.1 Å². The van der Waals surface area contributed by atoms with Crippen LogP contribution in [0, 0.1) is 0 Å². The quantitative estimate of drug-likeness (QED) is 0.784. The molecule has 0 radical (unpaired) electrons. The zero-order valence-electron chi connectivity index (χ0n) is 10.4. The molecular formula is C13H15BrO4. The predicted octanol–water partition coefficient (Wildman–Crippen LogP) is 2.73. The molecule has 98 valence electrons. The fourth-order valence-electron chi connectivity index (χ4n) is 1.43. The van der Waals surface area contributed by atoms with Gasteiger partial charge in [0.25, 0.3) is 0 Å². The molecule has 0 aliphatic carbocycles. The van der Waals surface area contributed by atoms with Gasteiger partial charge in [-0.25, -0.2) is 4.79 Å². The van der Waals surface area contributed by atoms with Crippen LogP contribution in [0.5, 0.6) is 0 Å². The summed E-state index contributed by atoms with van der Waals surface area (Å²) in [5, 5.41) is 0. The Morgan fingerprint density at radius 3 is 2.44 bits per heavy atom. The van der Waals surface area contributed by atoms with Crippen molar-refractivity contribution in [2.75, 3.05) is 13.2 Å². The van der Waals surface area contributed by atoms with Crippen molar-refractivity contribution in [3.63, 3.8) is 0 Å². The average molecular weight is 315 g/mol. The number of benzene rings is 1. The third kappa shape index (κ3) is 4.14. The summed E-state index contributed by atoms with van der Waals surface area (Å²) in [6.45, 7) is 4.16. The number of carbonyl (C=O) groups is 2. The lowest BCUT2D eigenvalue weighted by Crippen LogP contribution is -2.10. The van der Waals surface area contributed by atoms with Crippen LogP contribution in [0.2, 0.25) is 0 Å². The molecule has 0 saturated heterocycles. The van der Waals surface area contributed by atoms with Crippen molar-refractivity contribution in [3.05, 3.63) is 33.8 Å². The smallest absolute Gasteiger partial charge is 0.339 e. The van der Waals surface area contributed by atoms with Crippen LogP contribution in [0.1, 0.15) is 29.8 Å². The van der Waals surface area contributed by atoms with Crippen molar-refractivity contribution in [2.45, 2.75) is 20.3 Å². The molecule has 0 N–H and O–H groups in total. The highest BCUT2D eigenvalue weighted by Crippen LogP contribution is 2.20. The third-order valence-electron chi connectivity index (χ3n) is 2.18. The van der Waals surface area contributed by atoms with E-state index < -0.39 is 5.97 Å². The highest BCUT2D eigenvalue weighted by molar-refractivity contribution is 9.10. The van der Waals surface area contributed by atoms with Gasteiger partial charge in [0.05, 0.1) is 25.2 Å². The second-order valence-electron chi connectivity index (χ2n) is 3.52. The van der Waals surface area contributed by atoms with E-state index in [1.807, 2.05) is 0 Å². The maximum Gasteiger partial charge on any atom is 0.339 e. The van der Waals surface area contributed by atoms with E-state index in [0.717, 1.165) is 5.56 Å². The number of hydrogen-bond donors (Lipinski definition) is 0. The van der Waals surface area contributed by atoms with Crippen LogP contribution in [0.4, 0.5) is 0 Å². The molecule has 0 amide bonds. The molecular weight excluding hydrogens is 300 g/mol. The van der Waals surface area contributed by atoms with Gasteiger partial charge in [0.1, 0.15) is 0 Å². The first-order chi connectivity index (χ1) is 8.58. The fourth-order valence-corrected chi connectivity index (χ4v) is 1.83. The van der Waals surface area contributed by atoms with Gasteiger partial charge in [0.15, 0.2) is 0 Å². The molecule has 0 atom stereocenters. The van der Waals surface area contributed by atoms with E-state index in [2.05, 4.69) is 15.9 Å².